The molecule has 0 heterocycles. The molecule has 20 heavy (non-hydrogen) atoms. The molecule has 0 aromatic heterocycles. The van der Waals surface area contributed by atoms with Gasteiger partial charge in [-0.25, -0.2) is 13.1 Å². The van der Waals surface area contributed by atoms with Crippen LogP contribution in [-0.2, 0) is 10.0 Å². The van der Waals surface area contributed by atoms with Crippen molar-refractivity contribution in [1.82, 2.24) is 4.72 Å². The second kappa shape index (κ2) is 5.66. The first-order valence-electron chi connectivity index (χ1n) is 6.59. The first kappa shape index (κ1) is 15.8. The van der Waals surface area contributed by atoms with Gasteiger partial charge >= 0.3 is 0 Å². The highest BCUT2D eigenvalue weighted by Gasteiger charge is 2.34. The van der Waals surface area contributed by atoms with E-state index in [4.69, 9.17) is 4.74 Å². The largest absolute Gasteiger partial charge is 0.495 e. The molecule has 1 aromatic rings. The third kappa shape index (κ3) is 3.54. The molecule has 0 spiro atoms. The molecular weight excluding hydrogens is 342 g/mol. The Labute approximate surface area is 129 Å². The van der Waals surface area contributed by atoms with Crippen LogP contribution >= 0.6 is 15.9 Å². The Kier molecular flexibility index (Phi) is 4.47. The maximum absolute atomic E-state index is 12.5. The number of halogens is 1. The van der Waals surface area contributed by atoms with Crippen molar-refractivity contribution in [2.75, 3.05) is 7.11 Å². The van der Waals surface area contributed by atoms with E-state index in [1.807, 2.05) is 0 Å². The Hall–Kier alpha value is -0.590. The van der Waals surface area contributed by atoms with E-state index in [1.54, 1.807) is 18.2 Å². The fraction of sp³-hybridized carbons (Fsp3) is 0.571. The van der Waals surface area contributed by atoms with Crippen LogP contribution in [-0.4, -0.2) is 21.6 Å². The lowest BCUT2D eigenvalue weighted by Crippen LogP contribution is -2.33. The predicted molar refractivity (Wildman–Crippen MR) is 82.4 cm³/mol. The summed E-state index contributed by atoms with van der Waals surface area (Å²) in [4.78, 5) is 0.180. The molecule has 1 saturated carbocycles. The minimum absolute atomic E-state index is 0.00122. The third-order valence-corrected chi connectivity index (χ3v) is 5.74. The number of ether oxygens (including phenoxy) is 1. The summed E-state index contributed by atoms with van der Waals surface area (Å²) in [5.41, 5.74) is 0.203. The summed E-state index contributed by atoms with van der Waals surface area (Å²) in [5.74, 6) is 0.359. The van der Waals surface area contributed by atoms with Crippen molar-refractivity contribution < 1.29 is 13.2 Å². The van der Waals surface area contributed by atoms with Gasteiger partial charge in [-0.05, 0) is 42.9 Å². The molecule has 6 heteroatoms. The maximum Gasteiger partial charge on any atom is 0.244 e. The number of benzene rings is 1. The van der Waals surface area contributed by atoms with E-state index in [9.17, 15) is 8.42 Å². The fourth-order valence-corrected chi connectivity index (χ4v) is 4.66. The first-order valence-corrected chi connectivity index (χ1v) is 8.87. The van der Waals surface area contributed by atoms with Gasteiger partial charge in [-0.3, -0.25) is 0 Å². The monoisotopic (exact) mass is 361 g/mol. The highest BCUT2D eigenvalue weighted by molar-refractivity contribution is 9.10. The summed E-state index contributed by atoms with van der Waals surface area (Å²) in [7, 11) is -2.09. The zero-order chi connectivity index (χ0) is 15.0. The highest BCUT2D eigenvalue weighted by atomic mass is 79.9. The lowest BCUT2D eigenvalue weighted by molar-refractivity contribution is 0.372. The topological polar surface area (TPSA) is 55.4 Å². The van der Waals surface area contributed by atoms with Crippen molar-refractivity contribution in [1.29, 1.82) is 0 Å². The number of hydrogen-bond acceptors (Lipinski definition) is 3. The lowest BCUT2D eigenvalue weighted by Gasteiger charge is -2.18. The smallest absolute Gasteiger partial charge is 0.244 e. The number of nitrogens with one attached hydrogen (secondary N) is 1. The summed E-state index contributed by atoms with van der Waals surface area (Å²) in [6.45, 7) is 4.34. The molecule has 4 nitrogen and oxygen atoms in total. The summed E-state index contributed by atoms with van der Waals surface area (Å²) in [6, 6.07) is 4.98. The Morgan fingerprint density at radius 1 is 1.40 bits per heavy atom. The van der Waals surface area contributed by atoms with Crippen molar-refractivity contribution in [3.05, 3.63) is 22.7 Å². The van der Waals surface area contributed by atoms with Gasteiger partial charge < -0.3 is 4.74 Å². The summed E-state index contributed by atoms with van der Waals surface area (Å²) < 4.78 is 33.7. The van der Waals surface area contributed by atoms with Gasteiger partial charge in [0.25, 0.3) is 0 Å². The SMILES string of the molecule is COc1ccc(Br)cc1S(=O)(=O)NC1CCC(C)(C)C1. The van der Waals surface area contributed by atoms with Crippen LogP contribution < -0.4 is 9.46 Å². The summed E-state index contributed by atoms with van der Waals surface area (Å²) >= 11 is 3.30. The van der Waals surface area contributed by atoms with E-state index in [-0.39, 0.29) is 16.4 Å². The van der Waals surface area contributed by atoms with Crippen LogP contribution in [0.1, 0.15) is 33.1 Å². The molecular formula is C14H20BrNO3S. The molecule has 0 radical (unpaired) electrons. The molecule has 1 aromatic carbocycles. The zero-order valence-corrected chi connectivity index (χ0v) is 14.3. The minimum Gasteiger partial charge on any atom is -0.495 e. The molecule has 0 bridgehead atoms. The van der Waals surface area contributed by atoms with Crippen LogP contribution in [0.3, 0.4) is 0 Å². The fourth-order valence-electron chi connectivity index (χ4n) is 2.68. The van der Waals surface area contributed by atoms with E-state index in [2.05, 4.69) is 34.5 Å². The van der Waals surface area contributed by atoms with E-state index in [0.29, 0.717) is 10.2 Å². The molecule has 1 N–H and O–H groups in total. The van der Waals surface area contributed by atoms with E-state index in [0.717, 1.165) is 19.3 Å². The second-order valence-electron chi connectivity index (χ2n) is 6.02. The van der Waals surface area contributed by atoms with E-state index >= 15 is 0 Å². The van der Waals surface area contributed by atoms with Crippen molar-refractivity contribution in [3.8, 4) is 5.75 Å². The standard InChI is InChI=1S/C14H20BrNO3S/c1-14(2)7-6-11(9-14)16-20(17,18)13-8-10(15)4-5-12(13)19-3/h4-5,8,11,16H,6-7,9H2,1-3H3. The van der Waals surface area contributed by atoms with Gasteiger partial charge in [0.1, 0.15) is 10.6 Å². The van der Waals surface area contributed by atoms with Crippen LogP contribution in [0.15, 0.2) is 27.6 Å². The third-order valence-electron chi connectivity index (χ3n) is 3.71. The molecule has 1 atom stereocenters. The quantitative estimate of drug-likeness (QED) is 0.894. The highest BCUT2D eigenvalue weighted by Crippen LogP contribution is 2.38. The van der Waals surface area contributed by atoms with E-state index in [1.165, 1.54) is 7.11 Å². The Balaban J connectivity index is 2.25. The maximum atomic E-state index is 12.5. The lowest BCUT2D eigenvalue weighted by atomic mass is 9.92. The van der Waals surface area contributed by atoms with Crippen LogP contribution in [0.4, 0.5) is 0 Å². The zero-order valence-electron chi connectivity index (χ0n) is 11.9. The average Bonchev–Trinajstić information content (AvgIpc) is 2.68. The number of rotatable bonds is 4. The Morgan fingerprint density at radius 3 is 2.65 bits per heavy atom. The van der Waals surface area contributed by atoms with Gasteiger partial charge in [0.15, 0.2) is 0 Å². The number of hydrogen-bond donors (Lipinski definition) is 1. The number of methoxy groups -OCH3 is 1. The Morgan fingerprint density at radius 2 is 2.10 bits per heavy atom. The van der Waals surface area contributed by atoms with Gasteiger partial charge in [0.2, 0.25) is 10.0 Å². The minimum atomic E-state index is -3.56. The molecule has 1 aliphatic rings. The average molecular weight is 362 g/mol. The van der Waals surface area contributed by atoms with Gasteiger partial charge in [-0.2, -0.15) is 0 Å². The Bertz CT molecular complexity index is 598. The van der Waals surface area contributed by atoms with Crippen LogP contribution in [0, 0.1) is 5.41 Å². The normalized spacial score (nSPS) is 21.9. The van der Waals surface area contributed by atoms with E-state index < -0.39 is 10.0 Å². The molecule has 1 fully saturated rings. The second-order valence-corrected chi connectivity index (χ2v) is 8.62. The molecule has 0 aliphatic heterocycles. The van der Waals surface area contributed by atoms with Crippen LogP contribution in [0.25, 0.3) is 0 Å². The van der Waals surface area contributed by atoms with Gasteiger partial charge in [0.05, 0.1) is 7.11 Å². The van der Waals surface area contributed by atoms with Gasteiger partial charge in [-0.1, -0.05) is 29.8 Å². The van der Waals surface area contributed by atoms with Crippen molar-refractivity contribution in [2.45, 2.75) is 44.0 Å². The van der Waals surface area contributed by atoms with Crippen LogP contribution in [0.5, 0.6) is 5.75 Å². The molecule has 1 aliphatic carbocycles. The first-order chi connectivity index (χ1) is 9.23. The van der Waals surface area contributed by atoms with Gasteiger partial charge in [-0.15, -0.1) is 0 Å². The van der Waals surface area contributed by atoms with Crippen molar-refractivity contribution in [2.24, 2.45) is 5.41 Å². The van der Waals surface area contributed by atoms with Crippen molar-refractivity contribution in [3.63, 3.8) is 0 Å². The number of sulfonamides is 1. The molecule has 0 amide bonds. The van der Waals surface area contributed by atoms with Gasteiger partial charge in [0, 0.05) is 10.5 Å². The van der Waals surface area contributed by atoms with Crippen LogP contribution in [0.2, 0.25) is 0 Å². The summed E-state index contributed by atoms with van der Waals surface area (Å²) in [5, 5.41) is 0. The molecule has 1 unspecified atom stereocenters. The molecule has 112 valence electrons. The molecule has 2 rings (SSSR count). The summed E-state index contributed by atoms with van der Waals surface area (Å²) in [6.07, 6.45) is 2.78. The predicted octanol–water partition coefficient (Wildman–Crippen LogP) is 3.31. The van der Waals surface area contributed by atoms with Crippen molar-refractivity contribution >= 4 is 26.0 Å². The molecule has 0 saturated heterocycles.